The lowest BCUT2D eigenvalue weighted by Crippen LogP contribution is -2.27. The van der Waals surface area contributed by atoms with Crippen molar-refractivity contribution in [3.8, 4) is 12.1 Å². The lowest BCUT2D eigenvalue weighted by atomic mass is 9.79. The first kappa shape index (κ1) is 16.3. The summed E-state index contributed by atoms with van der Waals surface area (Å²) in [5.41, 5.74) is 4.56. The summed E-state index contributed by atoms with van der Waals surface area (Å²) in [6.45, 7) is 0.790. The van der Waals surface area contributed by atoms with Crippen LogP contribution in [0.3, 0.4) is 0 Å². The fraction of sp³-hybridized carbons (Fsp3) is 0.125. The zero-order valence-corrected chi connectivity index (χ0v) is 12.6. The molecule has 6 nitrogen and oxygen atoms in total. The van der Waals surface area contributed by atoms with Gasteiger partial charge in [0.2, 0.25) is 0 Å². The minimum atomic E-state index is -0.812. The topological polar surface area (TPSA) is 106 Å². The molecule has 2 aliphatic rings. The van der Waals surface area contributed by atoms with E-state index in [1.54, 1.807) is 36.4 Å². The van der Waals surface area contributed by atoms with Crippen molar-refractivity contribution < 1.29 is 19.4 Å². The van der Waals surface area contributed by atoms with Gasteiger partial charge < -0.3 is 19.4 Å². The molecule has 0 aliphatic carbocycles. The summed E-state index contributed by atoms with van der Waals surface area (Å²) >= 11 is 0. The molecule has 0 atom stereocenters. The molecule has 2 heterocycles. The Bertz CT molecular complexity index is 789. The number of nitriles is 2. The molecule has 0 unspecified atom stereocenters. The van der Waals surface area contributed by atoms with E-state index in [0.29, 0.717) is 24.3 Å². The van der Waals surface area contributed by atoms with Gasteiger partial charge in [-0.05, 0) is 46.3 Å². The van der Waals surface area contributed by atoms with Crippen LogP contribution in [0.15, 0.2) is 36.4 Å². The summed E-state index contributed by atoms with van der Waals surface area (Å²) in [7, 11) is -1.62. The molecule has 2 N–H and O–H groups in total. The van der Waals surface area contributed by atoms with Gasteiger partial charge in [0.1, 0.15) is 0 Å². The number of fused-ring (bicyclic) bond motifs is 2. The average Bonchev–Trinajstić information content (AvgIpc) is 3.18. The lowest BCUT2D eigenvalue weighted by Gasteiger charge is -1.96. The molecule has 0 radical (unpaired) electrons. The van der Waals surface area contributed by atoms with E-state index in [9.17, 15) is 10.0 Å². The Hall–Kier alpha value is -2.61. The van der Waals surface area contributed by atoms with E-state index < -0.39 is 14.2 Å². The van der Waals surface area contributed by atoms with Crippen molar-refractivity contribution in [3.63, 3.8) is 0 Å². The molecule has 2 aliphatic heterocycles. The first-order valence-electron chi connectivity index (χ1n) is 7.27. The maximum atomic E-state index is 9.24. The standard InChI is InChI=1S/2C8H6BNO2/c2*10-4-6-1-2-8-7(3-6)5-12-9(8)11/h2*1-3,11H,5H2. The molecule has 0 fully saturated rings. The summed E-state index contributed by atoms with van der Waals surface area (Å²) in [5, 5.41) is 35.6. The largest absolute Gasteiger partial charge is 0.491 e. The number of hydrogen-bond acceptors (Lipinski definition) is 6. The Morgan fingerprint density at radius 2 is 1.21 bits per heavy atom. The molecule has 116 valence electrons. The molecule has 8 heteroatoms. The van der Waals surface area contributed by atoms with E-state index in [2.05, 4.69) is 0 Å². The summed E-state index contributed by atoms with van der Waals surface area (Å²) in [6.07, 6.45) is 0. The monoisotopic (exact) mass is 318 g/mol. The highest BCUT2D eigenvalue weighted by atomic mass is 16.5. The second kappa shape index (κ2) is 6.88. The fourth-order valence-electron chi connectivity index (χ4n) is 2.60. The fourth-order valence-corrected chi connectivity index (χ4v) is 2.60. The highest BCUT2D eigenvalue weighted by molar-refractivity contribution is 6.61. The summed E-state index contributed by atoms with van der Waals surface area (Å²) < 4.78 is 9.94. The molecular weight excluding hydrogens is 306 g/mol. The van der Waals surface area contributed by atoms with Crippen LogP contribution in [0.1, 0.15) is 22.3 Å². The first-order chi connectivity index (χ1) is 11.6. The molecule has 2 aromatic carbocycles. The van der Waals surface area contributed by atoms with Gasteiger partial charge in [-0.15, -0.1) is 0 Å². The Labute approximate surface area is 139 Å². The van der Waals surface area contributed by atoms with E-state index in [1.807, 2.05) is 12.1 Å². The summed E-state index contributed by atoms with van der Waals surface area (Å²) in [4.78, 5) is 0. The molecule has 0 spiro atoms. The minimum Gasteiger partial charge on any atom is -0.423 e. The second-order valence-corrected chi connectivity index (χ2v) is 5.38. The van der Waals surface area contributed by atoms with Crippen molar-refractivity contribution in [1.29, 1.82) is 10.5 Å². The van der Waals surface area contributed by atoms with Gasteiger partial charge in [0, 0.05) is 0 Å². The predicted octanol–water partition coefficient (Wildman–Crippen LogP) is -0.448. The predicted molar refractivity (Wildman–Crippen MR) is 87.1 cm³/mol. The maximum absolute atomic E-state index is 9.24. The average molecular weight is 318 g/mol. The van der Waals surface area contributed by atoms with Crippen LogP contribution in [0.4, 0.5) is 0 Å². The highest BCUT2D eigenvalue weighted by Gasteiger charge is 2.27. The van der Waals surface area contributed by atoms with E-state index in [4.69, 9.17) is 19.8 Å². The highest BCUT2D eigenvalue weighted by Crippen LogP contribution is 2.11. The number of hydrogen-bond donors (Lipinski definition) is 2. The smallest absolute Gasteiger partial charge is 0.423 e. The zero-order chi connectivity index (χ0) is 17.1. The molecule has 24 heavy (non-hydrogen) atoms. The SMILES string of the molecule is N#Cc1ccc2c(c1)COB2O.N#Cc1ccc2c(c1)COB2O. The Morgan fingerprint density at radius 3 is 1.58 bits per heavy atom. The van der Waals surface area contributed by atoms with Gasteiger partial charge >= 0.3 is 14.2 Å². The van der Waals surface area contributed by atoms with Gasteiger partial charge in [-0.3, -0.25) is 0 Å². The molecule has 0 saturated carbocycles. The van der Waals surface area contributed by atoms with Crippen LogP contribution in [0.2, 0.25) is 0 Å². The van der Waals surface area contributed by atoms with Gasteiger partial charge in [0.25, 0.3) is 0 Å². The number of rotatable bonds is 0. The summed E-state index contributed by atoms with van der Waals surface area (Å²) in [6, 6.07) is 14.4. The summed E-state index contributed by atoms with van der Waals surface area (Å²) in [5.74, 6) is 0. The molecule has 0 bridgehead atoms. The third-order valence-corrected chi connectivity index (χ3v) is 3.87. The van der Waals surface area contributed by atoms with Gasteiger partial charge in [-0.25, -0.2) is 0 Å². The van der Waals surface area contributed by atoms with E-state index in [-0.39, 0.29) is 0 Å². The Morgan fingerprint density at radius 1 is 0.792 bits per heavy atom. The van der Waals surface area contributed by atoms with Crippen LogP contribution < -0.4 is 10.9 Å². The molecular formula is C16H12B2N2O4. The Kier molecular flexibility index (Phi) is 4.66. The maximum Gasteiger partial charge on any atom is 0.491 e. The second-order valence-electron chi connectivity index (χ2n) is 5.38. The minimum absolute atomic E-state index is 0.395. The van der Waals surface area contributed by atoms with Crippen molar-refractivity contribution >= 4 is 25.2 Å². The van der Waals surface area contributed by atoms with Crippen LogP contribution >= 0.6 is 0 Å². The van der Waals surface area contributed by atoms with E-state index in [0.717, 1.165) is 22.1 Å². The van der Waals surface area contributed by atoms with Crippen LogP contribution in [0, 0.1) is 22.7 Å². The first-order valence-corrected chi connectivity index (χ1v) is 7.27. The van der Waals surface area contributed by atoms with E-state index >= 15 is 0 Å². The molecule has 2 aromatic rings. The third kappa shape index (κ3) is 3.18. The van der Waals surface area contributed by atoms with Crippen LogP contribution in [0.25, 0.3) is 0 Å². The molecule has 4 rings (SSSR count). The van der Waals surface area contributed by atoms with Crippen molar-refractivity contribution in [2.75, 3.05) is 0 Å². The molecule has 0 saturated heterocycles. The van der Waals surface area contributed by atoms with Crippen LogP contribution in [-0.4, -0.2) is 24.3 Å². The van der Waals surface area contributed by atoms with Crippen LogP contribution in [-0.2, 0) is 22.5 Å². The van der Waals surface area contributed by atoms with Gasteiger partial charge in [-0.1, -0.05) is 12.1 Å². The lowest BCUT2D eigenvalue weighted by molar-refractivity contribution is 0.275. The van der Waals surface area contributed by atoms with Crippen molar-refractivity contribution in [2.45, 2.75) is 13.2 Å². The normalized spacial score (nSPS) is 14.2. The van der Waals surface area contributed by atoms with Gasteiger partial charge in [0.05, 0.1) is 36.5 Å². The van der Waals surface area contributed by atoms with E-state index in [1.165, 1.54) is 0 Å². The zero-order valence-electron chi connectivity index (χ0n) is 12.6. The quantitative estimate of drug-likeness (QED) is 0.638. The van der Waals surface area contributed by atoms with Crippen molar-refractivity contribution in [3.05, 3.63) is 58.7 Å². The number of benzene rings is 2. The van der Waals surface area contributed by atoms with Crippen LogP contribution in [0.5, 0.6) is 0 Å². The molecule has 0 amide bonds. The van der Waals surface area contributed by atoms with Gasteiger partial charge in [-0.2, -0.15) is 10.5 Å². The molecule has 0 aromatic heterocycles. The van der Waals surface area contributed by atoms with Gasteiger partial charge in [0.15, 0.2) is 0 Å². The number of nitrogens with zero attached hydrogens (tertiary/aromatic N) is 2. The van der Waals surface area contributed by atoms with Crippen molar-refractivity contribution in [1.82, 2.24) is 0 Å². The van der Waals surface area contributed by atoms with Crippen molar-refractivity contribution in [2.24, 2.45) is 0 Å². The third-order valence-electron chi connectivity index (χ3n) is 3.87. The Balaban J connectivity index is 0.000000141.